The van der Waals surface area contributed by atoms with Gasteiger partial charge < -0.3 is 14.3 Å². The maximum Gasteiger partial charge on any atom is 0.237 e. The highest BCUT2D eigenvalue weighted by molar-refractivity contribution is 9.10. The van der Waals surface area contributed by atoms with Crippen LogP contribution in [0, 0.1) is 0 Å². The van der Waals surface area contributed by atoms with Crippen LogP contribution >= 0.6 is 50.4 Å². The number of nitrogens with one attached hydrogen (secondary N) is 1. The zero-order valence-electron chi connectivity index (χ0n) is 12.5. The molecule has 0 aliphatic rings. The third-order valence-electron chi connectivity index (χ3n) is 2.98. The molecule has 4 heterocycles. The lowest BCUT2D eigenvalue weighted by Gasteiger charge is -1.96. The number of hydrogen-bond acceptors (Lipinski definition) is 10. The number of rotatable bonds is 7. The smallest absolute Gasteiger partial charge is 0.237 e. The summed E-state index contributed by atoms with van der Waals surface area (Å²) >= 11 is 7.97. The van der Waals surface area contributed by atoms with Gasteiger partial charge in [-0.05, 0) is 34.1 Å². The van der Waals surface area contributed by atoms with Gasteiger partial charge >= 0.3 is 0 Å². The van der Waals surface area contributed by atoms with Crippen LogP contribution in [0.3, 0.4) is 0 Å². The SMILES string of the molecule is Brc1csc(-c2noc(CSc3nnc(NCc4ccco4)s3)n2)c1. The molecule has 4 aromatic heterocycles. The molecule has 0 aromatic carbocycles. The number of thiophene rings is 1. The van der Waals surface area contributed by atoms with Crippen LogP contribution < -0.4 is 5.32 Å². The van der Waals surface area contributed by atoms with E-state index >= 15 is 0 Å². The van der Waals surface area contributed by atoms with E-state index in [1.165, 1.54) is 23.1 Å². The molecule has 0 radical (unpaired) electrons. The topological polar surface area (TPSA) is 89.9 Å². The van der Waals surface area contributed by atoms with Crippen LogP contribution in [-0.4, -0.2) is 20.3 Å². The summed E-state index contributed by atoms with van der Waals surface area (Å²) in [5, 5.41) is 18.2. The van der Waals surface area contributed by atoms with E-state index in [1.807, 2.05) is 23.6 Å². The summed E-state index contributed by atoms with van der Waals surface area (Å²) in [7, 11) is 0. The number of nitrogens with zero attached hydrogens (tertiary/aromatic N) is 4. The number of anilines is 1. The van der Waals surface area contributed by atoms with Gasteiger partial charge in [0.2, 0.25) is 16.8 Å². The average Bonchev–Trinajstić information content (AvgIpc) is 3.38. The van der Waals surface area contributed by atoms with E-state index in [2.05, 4.69) is 41.6 Å². The Balaban J connectivity index is 1.32. The van der Waals surface area contributed by atoms with Crippen LogP contribution in [0.4, 0.5) is 5.13 Å². The monoisotopic (exact) mass is 455 g/mol. The van der Waals surface area contributed by atoms with E-state index in [0.29, 0.717) is 24.0 Å². The standard InChI is InChI=1S/C14H10BrN5O2S3/c15-8-4-10(23-6-8)12-17-11(22-20-12)7-24-14-19-18-13(25-14)16-5-9-2-1-3-21-9/h1-4,6H,5,7H2,(H,16,18). The van der Waals surface area contributed by atoms with Gasteiger partial charge in [-0.15, -0.1) is 21.5 Å². The Labute approximate surface area is 163 Å². The first-order valence-corrected chi connectivity index (χ1v) is 10.5. The van der Waals surface area contributed by atoms with Gasteiger partial charge in [-0.1, -0.05) is 28.3 Å². The molecule has 0 saturated heterocycles. The van der Waals surface area contributed by atoms with Crippen molar-refractivity contribution in [1.29, 1.82) is 0 Å². The second kappa shape index (κ2) is 7.68. The summed E-state index contributed by atoms with van der Waals surface area (Å²) in [6, 6.07) is 5.73. The van der Waals surface area contributed by atoms with E-state index in [0.717, 1.165) is 24.6 Å². The second-order valence-electron chi connectivity index (χ2n) is 4.74. The fraction of sp³-hybridized carbons (Fsp3) is 0.143. The molecule has 0 aliphatic carbocycles. The molecule has 1 N–H and O–H groups in total. The Kier molecular flexibility index (Phi) is 5.15. The molecule has 0 bridgehead atoms. The number of thioether (sulfide) groups is 1. The predicted octanol–water partition coefficient (Wildman–Crippen LogP) is 4.91. The minimum atomic E-state index is 0.548. The Morgan fingerprint density at radius 1 is 1.32 bits per heavy atom. The minimum Gasteiger partial charge on any atom is -0.467 e. The summed E-state index contributed by atoms with van der Waals surface area (Å²) in [6.07, 6.45) is 1.64. The fourth-order valence-electron chi connectivity index (χ4n) is 1.88. The minimum absolute atomic E-state index is 0.548. The second-order valence-corrected chi connectivity index (χ2v) is 8.76. The molecule has 4 rings (SSSR count). The van der Waals surface area contributed by atoms with E-state index in [9.17, 15) is 0 Å². The lowest BCUT2D eigenvalue weighted by Crippen LogP contribution is -1.96. The fourth-order valence-corrected chi connectivity index (χ4v) is 4.82. The largest absolute Gasteiger partial charge is 0.467 e. The average molecular weight is 456 g/mol. The molecule has 128 valence electrons. The maximum absolute atomic E-state index is 5.29. The van der Waals surface area contributed by atoms with Crippen LogP contribution in [0.1, 0.15) is 11.7 Å². The Hall–Kier alpha value is -1.69. The normalized spacial score (nSPS) is 11.1. The molecular weight excluding hydrogens is 446 g/mol. The zero-order chi connectivity index (χ0) is 17.1. The van der Waals surface area contributed by atoms with E-state index in [4.69, 9.17) is 8.94 Å². The zero-order valence-corrected chi connectivity index (χ0v) is 16.5. The summed E-state index contributed by atoms with van der Waals surface area (Å²) in [5.41, 5.74) is 0. The molecule has 0 fully saturated rings. The molecule has 0 unspecified atom stereocenters. The summed E-state index contributed by atoms with van der Waals surface area (Å²) < 4.78 is 12.4. The van der Waals surface area contributed by atoms with Crippen molar-refractivity contribution in [2.45, 2.75) is 16.6 Å². The van der Waals surface area contributed by atoms with E-state index in [-0.39, 0.29) is 0 Å². The van der Waals surface area contributed by atoms with Crippen LogP contribution in [0.25, 0.3) is 10.7 Å². The molecule has 0 spiro atoms. The van der Waals surface area contributed by atoms with Crippen molar-refractivity contribution in [2.75, 3.05) is 5.32 Å². The first-order chi connectivity index (χ1) is 12.3. The van der Waals surface area contributed by atoms with Crippen molar-refractivity contribution in [1.82, 2.24) is 20.3 Å². The molecule has 4 aromatic rings. The van der Waals surface area contributed by atoms with Crippen molar-refractivity contribution >= 4 is 55.5 Å². The number of hydrogen-bond donors (Lipinski definition) is 1. The Morgan fingerprint density at radius 2 is 2.28 bits per heavy atom. The van der Waals surface area contributed by atoms with Crippen molar-refractivity contribution in [3.63, 3.8) is 0 Å². The van der Waals surface area contributed by atoms with Gasteiger partial charge in [-0.3, -0.25) is 0 Å². The Bertz CT molecular complexity index is 949. The lowest BCUT2D eigenvalue weighted by atomic mass is 10.4. The molecule has 0 aliphatic heterocycles. The molecule has 11 heteroatoms. The highest BCUT2D eigenvalue weighted by Gasteiger charge is 2.12. The summed E-state index contributed by atoms with van der Waals surface area (Å²) in [6.45, 7) is 0.579. The van der Waals surface area contributed by atoms with Gasteiger partial charge in [0.25, 0.3) is 0 Å². The summed E-state index contributed by atoms with van der Waals surface area (Å²) in [5.74, 6) is 2.56. The molecule has 7 nitrogen and oxygen atoms in total. The highest BCUT2D eigenvalue weighted by Crippen LogP contribution is 2.30. The lowest BCUT2D eigenvalue weighted by molar-refractivity contribution is 0.392. The van der Waals surface area contributed by atoms with Crippen LogP contribution in [0.5, 0.6) is 0 Å². The number of aromatic nitrogens is 4. The third-order valence-corrected chi connectivity index (χ3v) is 6.66. The Morgan fingerprint density at radius 3 is 3.08 bits per heavy atom. The van der Waals surface area contributed by atoms with Crippen molar-refractivity contribution in [2.24, 2.45) is 0 Å². The van der Waals surface area contributed by atoms with Gasteiger partial charge in [-0.25, -0.2) is 0 Å². The number of halogens is 1. The molecule has 0 saturated carbocycles. The maximum atomic E-state index is 5.29. The van der Waals surface area contributed by atoms with Crippen LogP contribution in [-0.2, 0) is 12.3 Å². The van der Waals surface area contributed by atoms with Crippen molar-refractivity contribution < 1.29 is 8.94 Å². The first-order valence-electron chi connectivity index (χ1n) is 7.06. The van der Waals surface area contributed by atoms with Gasteiger partial charge in [-0.2, -0.15) is 4.98 Å². The van der Waals surface area contributed by atoms with E-state index < -0.39 is 0 Å². The van der Waals surface area contributed by atoms with Gasteiger partial charge in [0.05, 0.1) is 23.4 Å². The van der Waals surface area contributed by atoms with Gasteiger partial charge in [0.1, 0.15) is 5.76 Å². The molecule has 0 atom stereocenters. The van der Waals surface area contributed by atoms with Crippen molar-refractivity contribution in [3.05, 3.63) is 46.0 Å². The quantitative estimate of drug-likeness (QED) is 0.393. The molecular formula is C14H10BrN5O2S3. The van der Waals surface area contributed by atoms with E-state index in [1.54, 1.807) is 17.6 Å². The highest BCUT2D eigenvalue weighted by atomic mass is 79.9. The molecule has 0 amide bonds. The van der Waals surface area contributed by atoms with Gasteiger partial charge in [0, 0.05) is 9.85 Å². The summed E-state index contributed by atoms with van der Waals surface area (Å²) in [4.78, 5) is 5.37. The van der Waals surface area contributed by atoms with Crippen molar-refractivity contribution in [3.8, 4) is 10.7 Å². The predicted molar refractivity (Wildman–Crippen MR) is 101 cm³/mol. The third kappa shape index (κ3) is 4.29. The van der Waals surface area contributed by atoms with Crippen LogP contribution in [0.15, 0.2) is 47.6 Å². The number of furan rings is 1. The van der Waals surface area contributed by atoms with Crippen LogP contribution in [0.2, 0.25) is 0 Å². The first kappa shape index (κ1) is 16.8. The van der Waals surface area contributed by atoms with Gasteiger partial charge in [0.15, 0.2) is 4.34 Å². The molecule has 25 heavy (non-hydrogen) atoms.